The maximum Gasteiger partial charge on any atom is 0.356 e. The standard InChI is InChI=1S/C17H16F5N3O5S3/c1-4-30-15(26)12-10(3)31-16(33(18,19,20,21)22)13-14(23-17(27)25(12)13)24-32(28,29)11-7-5-9(2)6-8-11/h5-8H,4H2,1-3H3,(H,23,24,27). The Morgan fingerprint density at radius 3 is 2.24 bits per heavy atom. The number of aryl methyl sites for hydroxylation is 2. The molecule has 2 aliphatic heterocycles. The van der Waals surface area contributed by atoms with Crippen LogP contribution in [0.25, 0.3) is 5.69 Å². The fourth-order valence-corrected chi connectivity index (χ4v) is 6.26. The lowest BCUT2D eigenvalue weighted by atomic mass is 10.2. The number of fused-ring (bicyclic) bond motifs is 1. The molecule has 16 heteroatoms. The van der Waals surface area contributed by atoms with Gasteiger partial charge in [0.25, 0.3) is 10.0 Å². The second kappa shape index (κ2) is 7.14. The normalized spacial score (nSPS) is 14.5. The first-order valence-corrected chi connectivity index (χ1v) is 13.2. The van der Waals surface area contributed by atoms with Gasteiger partial charge < -0.3 is 4.74 Å². The highest BCUT2D eigenvalue weighted by molar-refractivity contribution is 8.46. The van der Waals surface area contributed by atoms with Crippen LogP contribution in [-0.4, -0.2) is 30.5 Å². The highest BCUT2D eigenvalue weighted by atomic mass is 32.5. The molecule has 0 radical (unpaired) electrons. The van der Waals surface area contributed by atoms with Crippen molar-refractivity contribution in [3.63, 3.8) is 0 Å². The number of benzene rings is 1. The van der Waals surface area contributed by atoms with Crippen molar-refractivity contribution >= 4 is 43.4 Å². The van der Waals surface area contributed by atoms with Crippen molar-refractivity contribution in [3.05, 3.63) is 50.9 Å². The summed E-state index contributed by atoms with van der Waals surface area (Å²) >= 11 is -0.514. The minimum absolute atomic E-state index is 0.00987. The Bertz CT molecular complexity index is 1400. The summed E-state index contributed by atoms with van der Waals surface area (Å²) < 4.78 is 98.7. The Balaban J connectivity index is 2.36. The van der Waals surface area contributed by atoms with Crippen LogP contribution in [0.3, 0.4) is 0 Å². The molecule has 0 fully saturated rings. The zero-order valence-electron chi connectivity index (χ0n) is 17.1. The zero-order chi connectivity index (χ0) is 25.0. The summed E-state index contributed by atoms with van der Waals surface area (Å²) in [6.45, 7) is 3.71. The van der Waals surface area contributed by atoms with E-state index in [-0.39, 0.29) is 11.2 Å². The number of anilines is 1. The van der Waals surface area contributed by atoms with Gasteiger partial charge in [0.1, 0.15) is 11.4 Å². The Morgan fingerprint density at radius 2 is 1.73 bits per heavy atom. The maximum absolute atomic E-state index is 13.9. The quantitative estimate of drug-likeness (QED) is 0.354. The number of ether oxygens (including phenoxy) is 1. The third-order valence-electron chi connectivity index (χ3n) is 4.22. The van der Waals surface area contributed by atoms with Crippen LogP contribution in [-0.2, 0) is 14.8 Å². The predicted octanol–water partition coefficient (Wildman–Crippen LogP) is 4.98. The molecule has 2 aliphatic rings. The number of hydrogen-bond acceptors (Lipinski definition) is 7. The van der Waals surface area contributed by atoms with Gasteiger partial charge in [0.15, 0.2) is 10.0 Å². The van der Waals surface area contributed by atoms with Crippen molar-refractivity contribution in [1.29, 1.82) is 0 Å². The molecule has 0 aromatic heterocycles. The van der Waals surface area contributed by atoms with E-state index in [1.807, 2.05) is 0 Å². The molecule has 8 nitrogen and oxygen atoms in total. The number of halogens is 5. The molecule has 0 unspecified atom stereocenters. The highest BCUT2D eigenvalue weighted by Crippen LogP contribution is 3.03. The molecule has 1 N–H and O–H groups in total. The number of imidazole rings is 1. The van der Waals surface area contributed by atoms with Crippen molar-refractivity contribution in [1.82, 2.24) is 9.55 Å². The molecule has 3 rings (SSSR count). The SMILES string of the molecule is CCOC(=O)c1c(C)sc(S(F)(F)(F)(F)F)c2c(NS(=O)(=O)c3ccc(C)cc3)nc(=O)n1-2. The van der Waals surface area contributed by atoms with E-state index in [1.165, 1.54) is 19.1 Å². The molecule has 33 heavy (non-hydrogen) atoms. The van der Waals surface area contributed by atoms with Crippen LogP contribution < -0.4 is 10.4 Å². The fourth-order valence-electron chi connectivity index (χ4n) is 2.86. The second-order valence-corrected chi connectivity index (χ2v) is 12.3. The Kier molecular flexibility index (Phi) is 5.39. The number of esters is 1. The van der Waals surface area contributed by atoms with Crippen LogP contribution in [0.4, 0.5) is 25.2 Å². The van der Waals surface area contributed by atoms with Gasteiger partial charge in [-0.2, -0.15) is 4.98 Å². The lowest BCUT2D eigenvalue weighted by molar-refractivity contribution is 0.0515. The maximum atomic E-state index is 13.9. The van der Waals surface area contributed by atoms with Gasteiger partial charge in [-0.15, -0.1) is 11.3 Å². The van der Waals surface area contributed by atoms with E-state index in [1.54, 1.807) is 11.6 Å². The molecule has 0 bridgehead atoms. The fraction of sp³-hybridized carbons (Fsp3) is 0.235. The minimum atomic E-state index is -10.5. The zero-order valence-corrected chi connectivity index (χ0v) is 19.5. The molecule has 1 aromatic carbocycles. The summed E-state index contributed by atoms with van der Waals surface area (Å²) in [5.74, 6) is -2.57. The van der Waals surface area contributed by atoms with E-state index in [0.717, 1.165) is 19.1 Å². The summed E-state index contributed by atoms with van der Waals surface area (Å²) in [5, 5.41) is 0. The number of nitrogens with zero attached hydrogens (tertiary/aromatic N) is 2. The summed E-state index contributed by atoms with van der Waals surface area (Å²) in [4.78, 5) is 26.9. The van der Waals surface area contributed by atoms with E-state index in [9.17, 15) is 37.4 Å². The number of carbonyl (C=O) groups excluding carboxylic acids is 1. The van der Waals surface area contributed by atoms with E-state index < -0.39 is 74.4 Å². The van der Waals surface area contributed by atoms with Crippen molar-refractivity contribution < 1.29 is 37.4 Å². The molecule has 2 heterocycles. The van der Waals surface area contributed by atoms with Gasteiger partial charge in [-0.3, -0.25) is 4.72 Å². The minimum Gasteiger partial charge on any atom is -0.461 e. The van der Waals surface area contributed by atoms with Crippen LogP contribution in [0.2, 0.25) is 0 Å². The predicted molar refractivity (Wildman–Crippen MR) is 113 cm³/mol. The summed E-state index contributed by atoms with van der Waals surface area (Å²) in [5.41, 5.74) is -3.27. The first-order valence-electron chi connectivity index (χ1n) is 8.92. The van der Waals surface area contributed by atoms with Gasteiger partial charge >= 0.3 is 21.9 Å². The summed E-state index contributed by atoms with van der Waals surface area (Å²) in [6, 6.07) is 5.03. The smallest absolute Gasteiger partial charge is 0.356 e. The molecular weight excluding hydrogens is 517 g/mol. The first-order chi connectivity index (χ1) is 14.9. The molecular formula is C17H16F5N3O5S3. The van der Waals surface area contributed by atoms with Gasteiger partial charge in [0.05, 0.1) is 11.5 Å². The summed E-state index contributed by atoms with van der Waals surface area (Å²) in [6.07, 6.45) is 0. The number of rotatable bonds is 6. The molecule has 0 amide bonds. The number of nitrogens with one attached hydrogen (secondary N) is 1. The number of sulfonamides is 1. The molecule has 0 aliphatic carbocycles. The molecule has 0 saturated heterocycles. The number of carbonyl (C=O) groups is 1. The lowest BCUT2D eigenvalue weighted by Gasteiger charge is -2.41. The van der Waals surface area contributed by atoms with Crippen LogP contribution >= 0.6 is 21.6 Å². The monoisotopic (exact) mass is 533 g/mol. The van der Waals surface area contributed by atoms with Crippen LogP contribution in [0, 0.1) is 13.8 Å². The first kappa shape index (κ1) is 24.9. The van der Waals surface area contributed by atoms with E-state index >= 15 is 0 Å². The van der Waals surface area contributed by atoms with Gasteiger partial charge in [-0.05, 0) is 32.9 Å². The van der Waals surface area contributed by atoms with Crippen molar-refractivity contribution in [2.45, 2.75) is 29.9 Å². The third kappa shape index (κ3) is 4.81. The molecule has 0 spiro atoms. The second-order valence-electron chi connectivity index (χ2n) is 6.83. The molecule has 0 atom stereocenters. The Labute approximate surface area is 188 Å². The number of hydrogen-bond donors (Lipinski definition) is 1. The molecule has 1 aromatic rings. The van der Waals surface area contributed by atoms with Crippen molar-refractivity contribution in [2.75, 3.05) is 11.3 Å². The average molecular weight is 534 g/mol. The highest BCUT2D eigenvalue weighted by Gasteiger charge is 2.69. The van der Waals surface area contributed by atoms with Gasteiger partial charge in [0, 0.05) is 4.88 Å². The number of aromatic nitrogens is 2. The summed E-state index contributed by atoms with van der Waals surface area (Å²) in [7, 11) is -15.1. The van der Waals surface area contributed by atoms with Crippen molar-refractivity contribution in [3.8, 4) is 5.69 Å². The Hall–Kier alpha value is -2.72. The molecule has 0 saturated carbocycles. The Morgan fingerprint density at radius 1 is 1.15 bits per heavy atom. The van der Waals surface area contributed by atoms with Gasteiger partial charge in [0.2, 0.25) is 0 Å². The van der Waals surface area contributed by atoms with E-state index in [4.69, 9.17) is 4.74 Å². The molecule has 182 valence electrons. The third-order valence-corrected chi connectivity index (χ3v) is 8.55. The van der Waals surface area contributed by atoms with Crippen LogP contribution in [0.1, 0.15) is 27.9 Å². The van der Waals surface area contributed by atoms with Gasteiger partial charge in [-0.25, -0.2) is 22.6 Å². The van der Waals surface area contributed by atoms with Crippen LogP contribution in [0.15, 0.2) is 38.2 Å². The van der Waals surface area contributed by atoms with E-state index in [0.29, 0.717) is 5.56 Å². The van der Waals surface area contributed by atoms with Gasteiger partial charge in [-0.1, -0.05) is 37.1 Å². The van der Waals surface area contributed by atoms with Crippen LogP contribution in [0.5, 0.6) is 0 Å². The average Bonchev–Trinajstić information content (AvgIpc) is 2.94. The van der Waals surface area contributed by atoms with E-state index in [2.05, 4.69) is 4.98 Å². The largest absolute Gasteiger partial charge is 0.461 e. The topological polar surface area (TPSA) is 107 Å². The lowest BCUT2D eigenvalue weighted by Crippen LogP contribution is -2.25. The van der Waals surface area contributed by atoms with Crippen molar-refractivity contribution in [2.24, 2.45) is 0 Å².